The van der Waals surface area contributed by atoms with Crippen LogP contribution in [0.3, 0.4) is 0 Å². The van der Waals surface area contributed by atoms with Gasteiger partial charge in [0.05, 0.1) is 12.7 Å². The second kappa shape index (κ2) is 7.92. The van der Waals surface area contributed by atoms with E-state index in [4.69, 9.17) is 9.47 Å². The van der Waals surface area contributed by atoms with Gasteiger partial charge in [0, 0.05) is 11.3 Å². The maximum atomic E-state index is 11.4. The van der Waals surface area contributed by atoms with E-state index in [0.29, 0.717) is 48.4 Å². The van der Waals surface area contributed by atoms with Crippen molar-refractivity contribution in [1.29, 1.82) is 0 Å². The highest BCUT2D eigenvalue weighted by molar-refractivity contribution is 7.92. The molecule has 0 saturated carbocycles. The van der Waals surface area contributed by atoms with Crippen molar-refractivity contribution in [3.8, 4) is 17.1 Å². The number of hydrogen-bond donors (Lipinski definition) is 1. The van der Waals surface area contributed by atoms with Gasteiger partial charge >= 0.3 is 0 Å². The zero-order valence-corrected chi connectivity index (χ0v) is 16.5. The van der Waals surface area contributed by atoms with Gasteiger partial charge in [-0.2, -0.15) is 0 Å². The molecular formula is C19H19N5O4S. The SMILES string of the molecule is CS(=O)(=O)Nc1cccc(-c2nc3n(n2)N=C(OCCOc2ccccc2)C3)c1. The van der Waals surface area contributed by atoms with Crippen LogP contribution in [0.1, 0.15) is 5.82 Å². The predicted molar refractivity (Wildman–Crippen MR) is 108 cm³/mol. The molecule has 0 unspecified atom stereocenters. The Morgan fingerprint density at radius 2 is 1.86 bits per heavy atom. The monoisotopic (exact) mass is 413 g/mol. The number of para-hydroxylation sites is 1. The van der Waals surface area contributed by atoms with E-state index in [9.17, 15) is 8.42 Å². The van der Waals surface area contributed by atoms with E-state index in [1.54, 1.807) is 24.3 Å². The zero-order chi connectivity index (χ0) is 20.3. The summed E-state index contributed by atoms with van der Waals surface area (Å²) in [5.41, 5.74) is 1.14. The zero-order valence-electron chi connectivity index (χ0n) is 15.6. The molecule has 150 valence electrons. The van der Waals surface area contributed by atoms with Crippen molar-refractivity contribution in [3.63, 3.8) is 0 Å². The largest absolute Gasteiger partial charge is 0.490 e. The molecule has 0 bridgehead atoms. The van der Waals surface area contributed by atoms with E-state index in [1.807, 2.05) is 30.3 Å². The van der Waals surface area contributed by atoms with Crippen LogP contribution in [0.2, 0.25) is 0 Å². The highest BCUT2D eigenvalue weighted by Crippen LogP contribution is 2.22. The molecule has 4 rings (SSSR count). The maximum Gasteiger partial charge on any atom is 0.229 e. The number of aromatic nitrogens is 3. The van der Waals surface area contributed by atoms with Crippen LogP contribution < -0.4 is 9.46 Å². The number of hydrogen-bond acceptors (Lipinski definition) is 7. The maximum absolute atomic E-state index is 11.4. The van der Waals surface area contributed by atoms with Crippen molar-refractivity contribution in [3.05, 3.63) is 60.4 Å². The summed E-state index contributed by atoms with van der Waals surface area (Å²) in [6.07, 6.45) is 1.53. The fourth-order valence-corrected chi connectivity index (χ4v) is 3.33. The summed E-state index contributed by atoms with van der Waals surface area (Å²) in [7, 11) is -3.35. The number of sulfonamides is 1. The van der Waals surface area contributed by atoms with Gasteiger partial charge in [-0.05, 0) is 24.3 Å². The molecule has 0 amide bonds. The summed E-state index contributed by atoms with van der Waals surface area (Å²) < 4.78 is 36.5. The lowest BCUT2D eigenvalue weighted by molar-refractivity contribution is 0.206. The van der Waals surface area contributed by atoms with E-state index in [-0.39, 0.29) is 0 Å². The van der Waals surface area contributed by atoms with Gasteiger partial charge < -0.3 is 9.47 Å². The number of benzene rings is 2. The average Bonchev–Trinajstić information content (AvgIpc) is 3.24. The Bertz CT molecular complexity index is 1140. The molecule has 0 fully saturated rings. The molecular weight excluding hydrogens is 394 g/mol. The van der Waals surface area contributed by atoms with Gasteiger partial charge in [-0.15, -0.1) is 15.0 Å². The standard InChI is InChI=1S/C19H19N5O4S/c1-29(25,26)23-15-7-5-6-14(12-15)19-20-17-13-18(21-24(17)22-19)28-11-10-27-16-8-3-2-4-9-16/h2-9,12,23H,10-11,13H2,1H3. The molecule has 9 nitrogen and oxygen atoms in total. The molecule has 2 heterocycles. The average molecular weight is 413 g/mol. The Kier molecular flexibility index (Phi) is 5.17. The minimum absolute atomic E-state index is 0.366. The number of ether oxygens (including phenoxy) is 2. The first kappa shape index (κ1) is 18.9. The van der Waals surface area contributed by atoms with E-state index in [0.717, 1.165) is 12.0 Å². The first-order valence-corrected chi connectivity index (χ1v) is 10.8. The van der Waals surface area contributed by atoms with Gasteiger partial charge in [0.2, 0.25) is 15.9 Å². The van der Waals surface area contributed by atoms with E-state index in [2.05, 4.69) is 19.9 Å². The number of fused-ring (bicyclic) bond motifs is 1. The van der Waals surface area contributed by atoms with Crippen molar-refractivity contribution < 1.29 is 17.9 Å². The Morgan fingerprint density at radius 1 is 1.07 bits per heavy atom. The van der Waals surface area contributed by atoms with Crippen LogP contribution in [0.25, 0.3) is 11.4 Å². The van der Waals surface area contributed by atoms with Gasteiger partial charge in [0.15, 0.2) is 11.6 Å². The van der Waals surface area contributed by atoms with Gasteiger partial charge in [0.25, 0.3) is 0 Å². The Morgan fingerprint density at radius 3 is 2.62 bits per heavy atom. The third-order valence-electron chi connectivity index (χ3n) is 3.96. The van der Waals surface area contributed by atoms with Crippen molar-refractivity contribution in [2.75, 3.05) is 24.2 Å². The predicted octanol–water partition coefficient (Wildman–Crippen LogP) is 2.13. The molecule has 2 aromatic carbocycles. The molecule has 1 N–H and O–H groups in total. The molecule has 0 atom stereocenters. The summed E-state index contributed by atoms with van der Waals surface area (Å²) in [5.74, 6) is 2.43. The molecule has 1 aromatic heterocycles. The van der Waals surface area contributed by atoms with Crippen molar-refractivity contribution in [2.24, 2.45) is 5.10 Å². The number of anilines is 1. The summed E-state index contributed by atoms with van der Waals surface area (Å²) in [6, 6.07) is 16.4. The molecule has 0 radical (unpaired) electrons. The molecule has 0 spiro atoms. The third-order valence-corrected chi connectivity index (χ3v) is 4.57. The second-order valence-corrected chi connectivity index (χ2v) is 8.13. The molecule has 10 heteroatoms. The summed E-state index contributed by atoms with van der Waals surface area (Å²) in [6.45, 7) is 0.773. The van der Waals surface area contributed by atoms with Crippen LogP contribution in [0, 0.1) is 0 Å². The molecule has 0 saturated heterocycles. The minimum atomic E-state index is -3.35. The third kappa shape index (κ3) is 4.91. The van der Waals surface area contributed by atoms with Crippen LogP contribution in [0.15, 0.2) is 59.7 Å². The smallest absolute Gasteiger partial charge is 0.229 e. The first-order valence-electron chi connectivity index (χ1n) is 8.89. The van der Waals surface area contributed by atoms with Crippen molar-refractivity contribution >= 4 is 21.6 Å². The van der Waals surface area contributed by atoms with Crippen LogP contribution in [0.4, 0.5) is 5.69 Å². The van der Waals surface area contributed by atoms with Crippen molar-refractivity contribution in [1.82, 2.24) is 14.9 Å². The molecule has 3 aromatic rings. The Labute approximate surface area is 168 Å². The summed E-state index contributed by atoms with van der Waals surface area (Å²) in [4.78, 5) is 5.90. The van der Waals surface area contributed by atoms with Crippen LogP contribution in [-0.4, -0.2) is 48.7 Å². The number of rotatable bonds is 7. The lowest BCUT2D eigenvalue weighted by Crippen LogP contribution is -2.12. The summed E-state index contributed by atoms with van der Waals surface area (Å²) >= 11 is 0. The molecule has 1 aliphatic heterocycles. The van der Waals surface area contributed by atoms with E-state index >= 15 is 0 Å². The second-order valence-electron chi connectivity index (χ2n) is 6.38. The molecule has 29 heavy (non-hydrogen) atoms. The topological polar surface area (TPSA) is 108 Å². The van der Waals surface area contributed by atoms with E-state index < -0.39 is 10.0 Å². The fourth-order valence-electron chi connectivity index (χ4n) is 2.78. The van der Waals surface area contributed by atoms with Crippen LogP contribution in [0.5, 0.6) is 5.75 Å². The summed E-state index contributed by atoms with van der Waals surface area (Å²) in [5, 5.41) is 8.65. The quantitative estimate of drug-likeness (QED) is 0.595. The lowest BCUT2D eigenvalue weighted by Gasteiger charge is -2.07. The lowest BCUT2D eigenvalue weighted by atomic mass is 10.2. The normalized spacial score (nSPS) is 12.9. The van der Waals surface area contributed by atoms with Gasteiger partial charge in [-0.1, -0.05) is 30.3 Å². The minimum Gasteiger partial charge on any atom is -0.490 e. The molecule has 1 aliphatic rings. The number of nitrogens with zero attached hydrogens (tertiary/aromatic N) is 4. The number of nitrogens with one attached hydrogen (secondary N) is 1. The molecule has 0 aliphatic carbocycles. The van der Waals surface area contributed by atoms with Crippen molar-refractivity contribution in [2.45, 2.75) is 6.42 Å². The van der Waals surface area contributed by atoms with E-state index in [1.165, 1.54) is 4.79 Å². The first-order chi connectivity index (χ1) is 14.0. The van der Waals surface area contributed by atoms with Crippen LogP contribution >= 0.6 is 0 Å². The highest BCUT2D eigenvalue weighted by Gasteiger charge is 2.21. The Balaban J connectivity index is 1.36. The van der Waals surface area contributed by atoms with Gasteiger partial charge in [-0.25, -0.2) is 13.4 Å². The highest BCUT2D eigenvalue weighted by atomic mass is 32.2. The Hall–Kier alpha value is -3.40. The van der Waals surface area contributed by atoms with Crippen LogP contribution in [-0.2, 0) is 21.2 Å². The van der Waals surface area contributed by atoms with Gasteiger partial charge in [-0.3, -0.25) is 4.72 Å². The fraction of sp³-hybridized carbons (Fsp3) is 0.211. The van der Waals surface area contributed by atoms with Gasteiger partial charge in [0.1, 0.15) is 19.0 Å².